The molecule has 20 heavy (non-hydrogen) atoms. The predicted molar refractivity (Wildman–Crippen MR) is 85.0 cm³/mol. The van der Waals surface area contributed by atoms with E-state index in [2.05, 4.69) is 31.5 Å². The van der Waals surface area contributed by atoms with Crippen molar-refractivity contribution in [3.63, 3.8) is 0 Å². The van der Waals surface area contributed by atoms with Crippen LogP contribution in [-0.4, -0.2) is 24.5 Å². The van der Waals surface area contributed by atoms with E-state index in [9.17, 15) is 4.79 Å². The number of carbonyl (C=O) groups excluding carboxylic acids is 1. The maximum atomic E-state index is 12.2. The third-order valence-electron chi connectivity index (χ3n) is 3.90. The number of halogens is 1. The fourth-order valence-electron chi connectivity index (χ4n) is 2.77. The van der Waals surface area contributed by atoms with Crippen molar-refractivity contribution in [1.82, 2.24) is 10.3 Å². The Bertz CT molecular complexity index is 458. The zero-order valence-electron chi connectivity index (χ0n) is 11.9. The van der Waals surface area contributed by atoms with E-state index in [1.54, 1.807) is 19.3 Å². The summed E-state index contributed by atoms with van der Waals surface area (Å²) in [6.07, 6.45) is 9.47. The number of rotatable bonds is 5. The van der Waals surface area contributed by atoms with Gasteiger partial charge in [0.2, 0.25) is 0 Å². The van der Waals surface area contributed by atoms with Crippen LogP contribution in [0.2, 0.25) is 0 Å². The van der Waals surface area contributed by atoms with E-state index in [-0.39, 0.29) is 5.91 Å². The first-order valence-electron chi connectivity index (χ1n) is 7.32. The smallest absolute Gasteiger partial charge is 0.255 e. The van der Waals surface area contributed by atoms with Gasteiger partial charge in [-0.2, -0.15) is 0 Å². The number of hydrogen-bond acceptors (Lipinski definition) is 3. The van der Waals surface area contributed by atoms with E-state index in [1.807, 2.05) is 0 Å². The van der Waals surface area contributed by atoms with Crippen LogP contribution in [0.5, 0.6) is 0 Å². The molecule has 0 aliphatic heterocycles. The molecule has 0 aromatic carbocycles. The molecule has 1 heterocycles. The summed E-state index contributed by atoms with van der Waals surface area (Å²) in [4.78, 5) is 16.4. The van der Waals surface area contributed by atoms with Crippen molar-refractivity contribution in [2.24, 2.45) is 5.92 Å². The van der Waals surface area contributed by atoms with Crippen molar-refractivity contribution in [3.8, 4) is 0 Å². The highest BCUT2D eigenvalue weighted by Gasteiger charge is 2.15. The Morgan fingerprint density at radius 3 is 2.85 bits per heavy atom. The van der Waals surface area contributed by atoms with Gasteiger partial charge in [0, 0.05) is 24.3 Å². The van der Waals surface area contributed by atoms with Crippen molar-refractivity contribution in [2.75, 3.05) is 18.9 Å². The molecule has 0 bridgehead atoms. The highest BCUT2D eigenvalue weighted by molar-refractivity contribution is 9.10. The van der Waals surface area contributed by atoms with E-state index in [1.165, 1.54) is 32.1 Å². The van der Waals surface area contributed by atoms with Gasteiger partial charge in [-0.1, -0.05) is 32.1 Å². The predicted octanol–water partition coefficient (Wildman–Crippen LogP) is 3.59. The van der Waals surface area contributed by atoms with Crippen molar-refractivity contribution < 1.29 is 4.79 Å². The summed E-state index contributed by atoms with van der Waals surface area (Å²) in [6.45, 7) is 0.749. The highest BCUT2D eigenvalue weighted by atomic mass is 79.9. The highest BCUT2D eigenvalue weighted by Crippen LogP contribution is 2.25. The molecular formula is C15H22BrN3O. The van der Waals surface area contributed by atoms with Gasteiger partial charge in [0.25, 0.3) is 5.91 Å². The van der Waals surface area contributed by atoms with E-state index >= 15 is 0 Å². The van der Waals surface area contributed by atoms with Gasteiger partial charge in [0.05, 0.1) is 5.56 Å². The average Bonchev–Trinajstić information content (AvgIpc) is 2.48. The molecule has 0 saturated heterocycles. The Morgan fingerprint density at radius 2 is 2.15 bits per heavy atom. The van der Waals surface area contributed by atoms with Crippen LogP contribution in [0.1, 0.15) is 48.9 Å². The van der Waals surface area contributed by atoms with Gasteiger partial charge in [-0.15, -0.1) is 0 Å². The van der Waals surface area contributed by atoms with Gasteiger partial charge in [0.15, 0.2) is 0 Å². The second-order valence-corrected chi connectivity index (χ2v) is 6.26. The van der Waals surface area contributed by atoms with Crippen molar-refractivity contribution in [3.05, 3.63) is 22.3 Å². The first-order chi connectivity index (χ1) is 9.70. The maximum absolute atomic E-state index is 12.2. The number of nitrogens with zero attached hydrogens (tertiary/aromatic N) is 1. The molecule has 1 saturated carbocycles. The monoisotopic (exact) mass is 339 g/mol. The average molecular weight is 340 g/mol. The number of amides is 1. The van der Waals surface area contributed by atoms with Gasteiger partial charge in [-0.3, -0.25) is 4.79 Å². The minimum atomic E-state index is -0.0565. The lowest BCUT2D eigenvalue weighted by atomic mass is 9.87. The molecule has 2 rings (SSSR count). The third kappa shape index (κ3) is 4.20. The zero-order valence-corrected chi connectivity index (χ0v) is 13.5. The van der Waals surface area contributed by atoms with Crippen LogP contribution < -0.4 is 10.6 Å². The molecule has 1 aliphatic carbocycles. The number of anilines is 1. The molecule has 4 nitrogen and oxygen atoms in total. The van der Waals surface area contributed by atoms with Crippen LogP contribution in [0, 0.1) is 5.92 Å². The Hall–Kier alpha value is -1.10. The molecule has 1 amide bonds. The normalized spacial score (nSPS) is 15.9. The zero-order chi connectivity index (χ0) is 14.4. The topological polar surface area (TPSA) is 54.0 Å². The van der Waals surface area contributed by atoms with Gasteiger partial charge in [-0.25, -0.2) is 4.98 Å². The quantitative estimate of drug-likeness (QED) is 0.861. The summed E-state index contributed by atoms with van der Waals surface area (Å²) in [6, 6.07) is 1.80. The number of hydrogen-bond donors (Lipinski definition) is 2. The molecule has 1 fully saturated rings. The molecule has 0 unspecified atom stereocenters. The van der Waals surface area contributed by atoms with Gasteiger partial charge >= 0.3 is 0 Å². The lowest BCUT2D eigenvalue weighted by molar-refractivity contribution is 0.0951. The number of nitrogens with one attached hydrogen (secondary N) is 2. The van der Waals surface area contributed by atoms with Gasteiger partial charge in [0.1, 0.15) is 5.82 Å². The fourth-order valence-corrected chi connectivity index (χ4v) is 3.10. The molecule has 1 aromatic heterocycles. The molecule has 2 N–H and O–H groups in total. The molecule has 0 radical (unpaired) electrons. The molecule has 0 spiro atoms. The Morgan fingerprint density at radius 1 is 1.40 bits per heavy atom. The minimum Gasteiger partial charge on any atom is -0.372 e. The molecule has 0 atom stereocenters. The summed E-state index contributed by atoms with van der Waals surface area (Å²) < 4.78 is 0.814. The van der Waals surface area contributed by atoms with E-state index < -0.39 is 0 Å². The van der Waals surface area contributed by atoms with Crippen LogP contribution in [0.4, 0.5) is 5.82 Å². The summed E-state index contributed by atoms with van der Waals surface area (Å²) in [5, 5.41) is 5.96. The van der Waals surface area contributed by atoms with E-state index in [4.69, 9.17) is 0 Å². The molecule has 5 heteroatoms. The Balaban J connectivity index is 1.86. The number of pyridine rings is 1. The number of carbonyl (C=O) groups is 1. The van der Waals surface area contributed by atoms with Crippen LogP contribution in [-0.2, 0) is 0 Å². The first-order valence-corrected chi connectivity index (χ1v) is 8.11. The Kier molecular flexibility index (Phi) is 5.83. The third-order valence-corrected chi connectivity index (χ3v) is 4.33. The van der Waals surface area contributed by atoms with Gasteiger partial charge in [-0.05, 0) is 34.3 Å². The van der Waals surface area contributed by atoms with Crippen molar-refractivity contribution in [1.29, 1.82) is 0 Å². The van der Waals surface area contributed by atoms with Crippen LogP contribution >= 0.6 is 15.9 Å². The first kappa shape index (κ1) is 15.3. The van der Waals surface area contributed by atoms with Gasteiger partial charge < -0.3 is 10.6 Å². The van der Waals surface area contributed by atoms with Crippen molar-refractivity contribution in [2.45, 2.75) is 38.5 Å². The summed E-state index contributed by atoms with van der Waals surface area (Å²) in [5.74, 6) is 1.34. The maximum Gasteiger partial charge on any atom is 0.255 e. The SMILES string of the molecule is CNc1ncc(Br)cc1C(=O)NCCC1CCCCC1. The molecule has 1 aromatic rings. The lowest BCUT2D eigenvalue weighted by Crippen LogP contribution is -2.27. The molecule has 1 aliphatic rings. The second kappa shape index (κ2) is 7.62. The fraction of sp³-hybridized carbons (Fsp3) is 0.600. The van der Waals surface area contributed by atoms with E-state index in [0.717, 1.165) is 23.4 Å². The summed E-state index contributed by atoms with van der Waals surface area (Å²) in [7, 11) is 1.77. The lowest BCUT2D eigenvalue weighted by Gasteiger charge is -2.21. The van der Waals surface area contributed by atoms with Crippen LogP contribution in [0.25, 0.3) is 0 Å². The molecule has 110 valence electrons. The Labute approximate surface area is 128 Å². The summed E-state index contributed by atoms with van der Waals surface area (Å²) >= 11 is 3.35. The summed E-state index contributed by atoms with van der Waals surface area (Å²) in [5.41, 5.74) is 0.588. The minimum absolute atomic E-state index is 0.0565. The van der Waals surface area contributed by atoms with E-state index in [0.29, 0.717) is 11.4 Å². The van der Waals surface area contributed by atoms with Crippen molar-refractivity contribution >= 4 is 27.7 Å². The molecular weight excluding hydrogens is 318 g/mol. The number of aromatic nitrogens is 1. The largest absolute Gasteiger partial charge is 0.372 e. The second-order valence-electron chi connectivity index (χ2n) is 5.35. The van der Waals surface area contributed by atoms with Crippen LogP contribution in [0.15, 0.2) is 16.7 Å². The standard InChI is InChI=1S/C15H22BrN3O/c1-17-14-13(9-12(16)10-19-14)15(20)18-8-7-11-5-3-2-4-6-11/h9-11H,2-8H2,1H3,(H,17,19)(H,18,20). The van der Waals surface area contributed by atoms with Crippen LogP contribution in [0.3, 0.4) is 0 Å².